The minimum Gasteiger partial charge on any atom is -0.508 e. The van der Waals surface area contributed by atoms with Gasteiger partial charge < -0.3 is 20.8 Å². The highest BCUT2D eigenvalue weighted by molar-refractivity contribution is 5.94. The highest BCUT2D eigenvalue weighted by atomic mass is 16.4. The van der Waals surface area contributed by atoms with E-state index in [-0.39, 0.29) is 12.2 Å². The Hall–Kier alpha value is -2.08. The molecule has 0 spiro atoms. The summed E-state index contributed by atoms with van der Waals surface area (Å²) in [5.74, 6) is -1.14. The molecule has 6 heteroatoms. The fourth-order valence-electron chi connectivity index (χ4n) is 1.61. The summed E-state index contributed by atoms with van der Waals surface area (Å²) in [6, 6.07) is 5.18. The van der Waals surface area contributed by atoms with Crippen molar-refractivity contribution in [3.05, 3.63) is 24.3 Å². The van der Waals surface area contributed by atoms with E-state index in [9.17, 15) is 14.7 Å². The number of phenolic OH excluding ortho intramolecular Hbond substituents is 1. The minimum atomic E-state index is -1.06. The van der Waals surface area contributed by atoms with E-state index in [1.54, 1.807) is 12.1 Å². The van der Waals surface area contributed by atoms with Gasteiger partial charge in [0.2, 0.25) is 5.91 Å². The number of aromatic hydroxyl groups is 1. The van der Waals surface area contributed by atoms with Gasteiger partial charge >= 0.3 is 5.97 Å². The van der Waals surface area contributed by atoms with Crippen molar-refractivity contribution >= 4 is 17.6 Å². The molecule has 1 atom stereocenters. The molecule has 0 fully saturated rings. The summed E-state index contributed by atoms with van der Waals surface area (Å²) in [5, 5.41) is 23.7. The highest BCUT2D eigenvalue weighted by Crippen LogP contribution is 2.15. The van der Waals surface area contributed by atoms with E-state index in [4.69, 9.17) is 5.11 Å². The lowest BCUT2D eigenvalue weighted by Crippen LogP contribution is -2.41. The second-order valence-corrected chi connectivity index (χ2v) is 5.00. The molecule has 1 amide bonds. The molecular formula is C14H20N2O4. The first-order valence-corrected chi connectivity index (χ1v) is 6.43. The normalized spacial score (nSPS) is 12.2. The molecule has 0 unspecified atom stereocenters. The number of hydrogen-bond donors (Lipinski definition) is 4. The molecule has 0 saturated carbocycles. The smallest absolute Gasteiger partial charge is 0.321 e. The Bertz CT molecular complexity index is 474. The molecule has 0 saturated heterocycles. The Balaban J connectivity index is 2.55. The van der Waals surface area contributed by atoms with E-state index >= 15 is 0 Å². The summed E-state index contributed by atoms with van der Waals surface area (Å²) in [6.07, 6.45) is -0.169. The number of carboxylic acid groups (broad SMARTS) is 1. The Kier molecular flexibility index (Phi) is 5.99. The van der Waals surface area contributed by atoms with Crippen LogP contribution in [0.4, 0.5) is 5.69 Å². The van der Waals surface area contributed by atoms with Gasteiger partial charge in [0.1, 0.15) is 11.8 Å². The summed E-state index contributed by atoms with van der Waals surface area (Å²) >= 11 is 0. The molecule has 0 aliphatic heterocycles. The number of hydrogen-bond acceptors (Lipinski definition) is 4. The molecular weight excluding hydrogens is 260 g/mol. The third kappa shape index (κ3) is 5.71. The minimum absolute atomic E-state index is 0.0375. The zero-order valence-electron chi connectivity index (χ0n) is 11.6. The van der Waals surface area contributed by atoms with Crippen LogP contribution in [0.1, 0.15) is 20.3 Å². The fraction of sp³-hybridized carbons (Fsp3) is 0.429. The second-order valence-electron chi connectivity index (χ2n) is 5.00. The van der Waals surface area contributed by atoms with Crippen molar-refractivity contribution in [3.8, 4) is 5.75 Å². The van der Waals surface area contributed by atoms with E-state index in [0.717, 1.165) is 0 Å². The second kappa shape index (κ2) is 7.49. The summed E-state index contributed by atoms with van der Waals surface area (Å²) in [6.45, 7) is 4.44. The molecule has 0 aromatic heterocycles. The van der Waals surface area contributed by atoms with Gasteiger partial charge in [-0.05, 0) is 24.6 Å². The van der Waals surface area contributed by atoms with Gasteiger partial charge in [0, 0.05) is 11.8 Å². The zero-order chi connectivity index (χ0) is 15.1. The van der Waals surface area contributed by atoms with Crippen LogP contribution in [0.5, 0.6) is 5.75 Å². The summed E-state index contributed by atoms with van der Waals surface area (Å²) in [5.41, 5.74) is 0.433. The maximum atomic E-state index is 11.8. The van der Waals surface area contributed by atoms with E-state index in [0.29, 0.717) is 18.2 Å². The monoisotopic (exact) mass is 280 g/mol. The molecule has 0 aliphatic rings. The molecule has 4 N–H and O–H groups in total. The average molecular weight is 280 g/mol. The molecule has 1 rings (SSSR count). The first kappa shape index (κ1) is 16.0. The number of amides is 1. The number of anilines is 1. The number of phenols is 1. The Morgan fingerprint density at radius 2 is 2.00 bits per heavy atom. The topological polar surface area (TPSA) is 98.7 Å². The number of carboxylic acids is 1. The SMILES string of the molecule is CC(C)CN[C@@H](CC(=O)Nc1cccc(O)c1)C(=O)O. The van der Waals surface area contributed by atoms with Gasteiger partial charge in [-0.15, -0.1) is 0 Å². The molecule has 1 aromatic rings. The number of nitrogens with one attached hydrogen (secondary N) is 2. The fourth-order valence-corrected chi connectivity index (χ4v) is 1.61. The summed E-state index contributed by atoms with van der Waals surface area (Å²) < 4.78 is 0. The lowest BCUT2D eigenvalue weighted by molar-refractivity contribution is -0.141. The van der Waals surface area contributed by atoms with Gasteiger partial charge in [-0.2, -0.15) is 0 Å². The molecule has 1 aromatic carbocycles. The van der Waals surface area contributed by atoms with Gasteiger partial charge in [0.25, 0.3) is 0 Å². The largest absolute Gasteiger partial charge is 0.508 e. The van der Waals surface area contributed by atoms with Crippen molar-refractivity contribution in [1.29, 1.82) is 0 Å². The summed E-state index contributed by atoms with van der Waals surface area (Å²) in [4.78, 5) is 22.9. The van der Waals surface area contributed by atoms with Gasteiger partial charge in [-0.3, -0.25) is 9.59 Å². The van der Waals surface area contributed by atoms with Crippen LogP contribution in [-0.4, -0.2) is 34.7 Å². The van der Waals surface area contributed by atoms with Gasteiger partial charge in [-0.25, -0.2) is 0 Å². The third-order valence-corrected chi connectivity index (χ3v) is 2.59. The van der Waals surface area contributed by atoms with Crippen LogP contribution in [0.15, 0.2) is 24.3 Å². The summed E-state index contributed by atoms with van der Waals surface area (Å²) in [7, 11) is 0. The van der Waals surface area contributed by atoms with Crippen molar-refractivity contribution in [2.24, 2.45) is 5.92 Å². The van der Waals surface area contributed by atoms with Crippen molar-refractivity contribution in [1.82, 2.24) is 5.32 Å². The maximum absolute atomic E-state index is 11.8. The highest BCUT2D eigenvalue weighted by Gasteiger charge is 2.20. The van der Waals surface area contributed by atoms with Crippen LogP contribution in [0.3, 0.4) is 0 Å². The Morgan fingerprint density at radius 3 is 2.55 bits per heavy atom. The predicted molar refractivity (Wildman–Crippen MR) is 75.6 cm³/mol. The number of carbonyl (C=O) groups excluding carboxylic acids is 1. The lowest BCUT2D eigenvalue weighted by Gasteiger charge is -2.15. The van der Waals surface area contributed by atoms with Gasteiger partial charge in [0.05, 0.1) is 6.42 Å². The van der Waals surface area contributed by atoms with Crippen molar-refractivity contribution in [2.45, 2.75) is 26.3 Å². The number of benzene rings is 1. The van der Waals surface area contributed by atoms with E-state index in [2.05, 4.69) is 10.6 Å². The van der Waals surface area contributed by atoms with Crippen molar-refractivity contribution in [3.63, 3.8) is 0 Å². The molecule has 20 heavy (non-hydrogen) atoms. The van der Waals surface area contributed by atoms with E-state index < -0.39 is 17.9 Å². The van der Waals surface area contributed by atoms with Gasteiger partial charge in [-0.1, -0.05) is 19.9 Å². The standard InChI is InChI=1S/C14H20N2O4/c1-9(2)8-15-12(14(19)20)7-13(18)16-10-4-3-5-11(17)6-10/h3-6,9,12,15,17H,7-8H2,1-2H3,(H,16,18)(H,19,20)/t12-/m0/s1. The van der Waals surface area contributed by atoms with Crippen LogP contribution < -0.4 is 10.6 Å². The molecule has 0 heterocycles. The molecule has 110 valence electrons. The number of aliphatic carboxylic acids is 1. The Morgan fingerprint density at radius 1 is 1.30 bits per heavy atom. The molecule has 0 radical (unpaired) electrons. The molecule has 0 aliphatic carbocycles. The number of rotatable bonds is 7. The molecule has 0 bridgehead atoms. The van der Waals surface area contributed by atoms with Crippen LogP contribution >= 0.6 is 0 Å². The van der Waals surface area contributed by atoms with Crippen LogP contribution in [0.25, 0.3) is 0 Å². The lowest BCUT2D eigenvalue weighted by atomic mass is 10.1. The average Bonchev–Trinajstić information content (AvgIpc) is 2.33. The van der Waals surface area contributed by atoms with Gasteiger partial charge in [0.15, 0.2) is 0 Å². The maximum Gasteiger partial charge on any atom is 0.321 e. The van der Waals surface area contributed by atoms with E-state index in [1.165, 1.54) is 12.1 Å². The number of carbonyl (C=O) groups is 2. The Labute approximate surface area is 117 Å². The molecule has 6 nitrogen and oxygen atoms in total. The zero-order valence-corrected chi connectivity index (χ0v) is 11.6. The van der Waals surface area contributed by atoms with Crippen molar-refractivity contribution in [2.75, 3.05) is 11.9 Å². The quantitative estimate of drug-likeness (QED) is 0.605. The van der Waals surface area contributed by atoms with Crippen LogP contribution in [-0.2, 0) is 9.59 Å². The third-order valence-electron chi connectivity index (χ3n) is 2.59. The first-order valence-electron chi connectivity index (χ1n) is 6.43. The van der Waals surface area contributed by atoms with Crippen molar-refractivity contribution < 1.29 is 19.8 Å². The van der Waals surface area contributed by atoms with Crippen LogP contribution in [0, 0.1) is 5.92 Å². The van der Waals surface area contributed by atoms with Crippen LogP contribution in [0.2, 0.25) is 0 Å². The first-order chi connectivity index (χ1) is 9.38. The van der Waals surface area contributed by atoms with E-state index in [1.807, 2.05) is 13.8 Å². The predicted octanol–water partition coefficient (Wildman–Crippen LogP) is 1.42.